The Morgan fingerprint density at radius 2 is 2.06 bits per heavy atom. The van der Waals surface area contributed by atoms with Crippen LogP contribution in [0.5, 0.6) is 0 Å². The number of hydrogen-bond acceptors (Lipinski definition) is 2. The maximum atomic E-state index is 11.1. The fourth-order valence-corrected chi connectivity index (χ4v) is 1.82. The summed E-state index contributed by atoms with van der Waals surface area (Å²) in [6.45, 7) is 0. The summed E-state index contributed by atoms with van der Waals surface area (Å²) in [5.41, 5.74) is 6.39. The van der Waals surface area contributed by atoms with Crippen molar-refractivity contribution in [3.05, 3.63) is 36.0 Å². The maximum Gasteiger partial charge on any atom is 0.313 e. The molecule has 0 aliphatic carbocycles. The molecule has 0 bridgehead atoms. The second-order valence-corrected chi connectivity index (χ2v) is 3.87. The van der Waals surface area contributed by atoms with Crippen LogP contribution in [0.2, 0.25) is 0 Å². The highest BCUT2D eigenvalue weighted by Gasteiger charge is 2.23. The number of aromatic nitrogens is 1. The van der Waals surface area contributed by atoms with Crippen LogP contribution in [0.4, 0.5) is 0 Å². The molecule has 5 nitrogen and oxygen atoms in total. The van der Waals surface area contributed by atoms with E-state index in [1.807, 2.05) is 24.3 Å². The van der Waals surface area contributed by atoms with Crippen molar-refractivity contribution in [2.75, 3.05) is 0 Å². The van der Waals surface area contributed by atoms with E-state index < -0.39 is 17.8 Å². The molecule has 1 atom stereocenters. The van der Waals surface area contributed by atoms with Crippen molar-refractivity contribution in [3.8, 4) is 0 Å². The van der Waals surface area contributed by atoms with Gasteiger partial charge in [0.15, 0.2) is 0 Å². The van der Waals surface area contributed by atoms with Gasteiger partial charge in [-0.1, -0.05) is 18.2 Å². The molecule has 2 aromatic rings. The number of benzene rings is 1. The summed E-state index contributed by atoms with van der Waals surface area (Å²) in [5.74, 6) is -2.61. The van der Waals surface area contributed by atoms with Crippen LogP contribution in [0.25, 0.3) is 10.9 Å². The summed E-state index contributed by atoms with van der Waals surface area (Å²) in [5, 5.41) is 9.99. The number of nitrogens with two attached hydrogens (primary N) is 1. The Kier molecular flexibility index (Phi) is 2.82. The minimum Gasteiger partial charge on any atom is -0.481 e. The highest BCUT2D eigenvalue weighted by Crippen LogP contribution is 2.23. The lowest BCUT2D eigenvalue weighted by Crippen LogP contribution is -2.21. The van der Waals surface area contributed by atoms with Crippen LogP contribution in [0.3, 0.4) is 0 Å². The van der Waals surface area contributed by atoms with Crippen molar-refractivity contribution in [3.63, 3.8) is 0 Å². The number of carbonyl (C=O) groups is 2. The molecule has 5 heteroatoms. The zero-order valence-corrected chi connectivity index (χ0v) is 9.01. The lowest BCUT2D eigenvalue weighted by molar-refractivity contribution is -0.140. The van der Waals surface area contributed by atoms with Gasteiger partial charge < -0.3 is 15.8 Å². The van der Waals surface area contributed by atoms with Gasteiger partial charge >= 0.3 is 5.97 Å². The third kappa shape index (κ3) is 2.28. The molecule has 1 amide bonds. The van der Waals surface area contributed by atoms with Gasteiger partial charge in [-0.25, -0.2) is 0 Å². The first-order chi connectivity index (χ1) is 8.08. The van der Waals surface area contributed by atoms with Gasteiger partial charge in [0.25, 0.3) is 0 Å². The number of carboxylic acid groups (broad SMARTS) is 1. The number of rotatable bonds is 4. The normalized spacial score (nSPS) is 12.5. The predicted octanol–water partition coefficient (Wildman–Crippen LogP) is 1.21. The van der Waals surface area contributed by atoms with Crippen molar-refractivity contribution in [2.24, 2.45) is 5.73 Å². The first-order valence-electron chi connectivity index (χ1n) is 5.16. The van der Waals surface area contributed by atoms with E-state index in [-0.39, 0.29) is 6.42 Å². The molecule has 0 aliphatic rings. The van der Waals surface area contributed by atoms with E-state index in [0.717, 1.165) is 10.9 Å². The summed E-state index contributed by atoms with van der Waals surface area (Å²) in [4.78, 5) is 24.9. The molecule has 0 saturated carbocycles. The van der Waals surface area contributed by atoms with Crippen LogP contribution in [-0.4, -0.2) is 22.0 Å². The Bertz CT molecular complexity index is 541. The van der Waals surface area contributed by atoms with Gasteiger partial charge in [0, 0.05) is 17.6 Å². The number of primary amides is 1. The lowest BCUT2D eigenvalue weighted by atomic mass is 10.0. The summed E-state index contributed by atoms with van der Waals surface area (Å²) < 4.78 is 0. The van der Waals surface area contributed by atoms with E-state index in [1.54, 1.807) is 6.07 Å². The average Bonchev–Trinajstić information content (AvgIpc) is 2.68. The van der Waals surface area contributed by atoms with Crippen molar-refractivity contribution in [1.82, 2.24) is 4.98 Å². The summed E-state index contributed by atoms with van der Waals surface area (Å²) >= 11 is 0. The zero-order valence-electron chi connectivity index (χ0n) is 9.01. The number of para-hydroxylation sites is 1. The van der Waals surface area contributed by atoms with Crippen LogP contribution in [0.15, 0.2) is 30.3 Å². The van der Waals surface area contributed by atoms with Crippen LogP contribution in [-0.2, 0) is 9.59 Å². The Morgan fingerprint density at radius 1 is 1.35 bits per heavy atom. The van der Waals surface area contributed by atoms with E-state index in [4.69, 9.17) is 10.8 Å². The Labute approximate surface area is 97.2 Å². The number of aromatic amines is 1. The van der Waals surface area contributed by atoms with Gasteiger partial charge in [0.05, 0.1) is 0 Å². The second kappa shape index (κ2) is 4.29. The Hall–Kier alpha value is -2.30. The standard InChI is InChI=1S/C12H12N2O3/c13-11(15)6-8(12(16)17)10-5-7-3-1-2-4-9(7)14-10/h1-5,8,14H,6H2,(H2,13,15)(H,16,17). The van der Waals surface area contributed by atoms with Crippen molar-refractivity contribution in [1.29, 1.82) is 0 Å². The first kappa shape index (κ1) is 11.2. The fraction of sp³-hybridized carbons (Fsp3) is 0.167. The van der Waals surface area contributed by atoms with Gasteiger partial charge in [0.2, 0.25) is 5.91 Å². The molecule has 0 radical (unpaired) electrons. The largest absolute Gasteiger partial charge is 0.481 e. The highest BCUT2D eigenvalue weighted by molar-refractivity contribution is 5.87. The SMILES string of the molecule is NC(=O)CC(C(=O)O)c1cc2ccccc2[nH]1. The molecule has 0 fully saturated rings. The van der Waals surface area contributed by atoms with E-state index in [1.165, 1.54) is 0 Å². The molecule has 0 spiro atoms. The molecule has 17 heavy (non-hydrogen) atoms. The predicted molar refractivity (Wildman–Crippen MR) is 62.5 cm³/mol. The number of fused-ring (bicyclic) bond motifs is 1. The maximum absolute atomic E-state index is 11.1. The van der Waals surface area contributed by atoms with E-state index >= 15 is 0 Å². The van der Waals surface area contributed by atoms with Crippen LogP contribution < -0.4 is 5.73 Å². The topological polar surface area (TPSA) is 96.2 Å². The summed E-state index contributed by atoms with van der Waals surface area (Å²) in [6, 6.07) is 9.17. The number of hydrogen-bond donors (Lipinski definition) is 3. The highest BCUT2D eigenvalue weighted by atomic mass is 16.4. The van der Waals surface area contributed by atoms with Crippen molar-refractivity contribution >= 4 is 22.8 Å². The van der Waals surface area contributed by atoms with E-state index in [0.29, 0.717) is 5.69 Å². The third-order valence-electron chi connectivity index (χ3n) is 2.63. The molecule has 1 aromatic heterocycles. The van der Waals surface area contributed by atoms with E-state index in [2.05, 4.69) is 4.98 Å². The van der Waals surface area contributed by atoms with Gasteiger partial charge in [-0.15, -0.1) is 0 Å². The van der Waals surface area contributed by atoms with Crippen LogP contribution >= 0.6 is 0 Å². The first-order valence-corrected chi connectivity index (χ1v) is 5.16. The smallest absolute Gasteiger partial charge is 0.313 e. The van der Waals surface area contributed by atoms with Gasteiger partial charge in [-0.3, -0.25) is 9.59 Å². The number of carbonyl (C=O) groups excluding carboxylic acids is 1. The molecule has 1 unspecified atom stereocenters. The van der Waals surface area contributed by atoms with Gasteiger partial charge in [-0.2, -0.15) is 0 Å². The molecule has 2 rings (SSSR count). The molecular formula is C12H12N2O3. The number of nitrogens with one attached hydrogen (secondary N) is 1. The van der Waals surface area contributed by atoms with E-state index in [9.17, 15) is 9.59 Å². The van der Waals surface area contributed by atoms with Crippen LogP contribution in [0, 0.1) is 0 Å². The van der Waals surface area contributed by atoms with Crippen molar-refractivity contribution in [2.45, 2.75) is 12.3 Å². The second-order valence-electron chi connectivity index (χ2n) is 3.87. The quantitative estimate of drug-likeness (QED) is 0.739. The Balaban J connectivity index is 2.41. The average molecular weight is 232 g/mol. The fourth-order valence-electron chi connectivity index (χ4n) is 1.82. The van der Waals surface area contributed by atoms with Gasteiger partial charge in [-0.05, 0) is 17.5 Å². The molecule has 1 aromatic carbocycles. The number of aliphatic carboxylic acids is 1. The van der Waals surface area contributed by atoms with Gasteiger partial charge in [0.1, 0.15) is 5.92 Å². The molecule has 0 saturated heterocycles. The lowest BCUT2D eigenvalue weighted by Gasteiger charge is -2.07. The summed E-state index contributed by atoms with van der Waals surface area (Å²) in [7, 11) is 0. The van der Waals surface area contributed by atoms with Crippen molar-refractivity contribution < 1.29 is 14.7 Å². The minimum absolute atomic E-state index is 0.206. The molecule has 0 aliphatic heterocycles. The minimum atomic E-state index is -1.06. The monoisotopic (exact) mass is 232 g/mol. The molecule has 88 valence electrons. The Morgan fingerprint density at radius 3 is 2.65 bits per heavy atom. The molecule has 4 N–H and O–H groups in total. The number of amides is 1. The van der Waals surface area contributed by atoms with Crippen LogP contribution in [0.1, 0.15) is 18.0 Å². The zero-order chi connectivity index (χ0) is 12.4. The number of carboxylic acids is 1. The third-order valence-corrected chi connectivity index (χ3v) is 2.63. The molecule has 1 heterocycles. The summed E-state index contributed by atoms with van der Waals surface area (Å²) in [6.07, 6.45) is -0.206. The molecular weight excluding hydrogens is 220 g/mol. The number of H-pyrrole nitrogens is 1.